The standard InChI is InChI=1S/C14H20N4S/c1-9(2)16-6-5-12-10(3)17-14(18-11(12)4)13-7-15-8-19-13/h7-9,16H,5-6H2,1-4H3. The van der Waals surface area contributed by atoms with Gasteiger partial charge in [-0.15, -0.1) is 11.3 Å². The van der Waals surface area contributed by atoms with Crippen LogP contribution in [0.15, 0.2) is 11.7 Å². The first-order valence-corrected chi connectivity index (χ1v) is 7.42. The van der Waals surface area contributed by atoms with Crippen molar-refractivity contribution in [1.29, 1.82) is 0 Å². The zero-order chi connectivity index (χ0) is 13.8. The van der Waals surface area contributed by atoms with Crippen molar-refractivity contribution in [1.82, 2.24) is 20.3 Å². The van der Waals surface area contributed by atoms with Crippen molar-refractivity contribution in [3.8, 4) is 10.7 Å². The van der Waals surface area contributed by atoms with Gasteiger partial charge in [0.1, 0.15) is 0 Å². The summed E-state index contributed by atoms with van der Waals surface area (Å²) < 4.78 is 0. The second-order valence-electron chi connectivity index (χ2n) is 4.92. The lowest BCUT2D eigenvalue weighted by atomic mass is 10.1. The molecule has 0 amide bonds. The van der Waals surface area contributed by atoms with E-state index in [2.05, 4.69) is 48.0 Å². The number of hydrogen-bond donors (Lipinski definition) is 1. The molecule has 0 atom stereocenters. The van der Waals surface area contributed by atoms with E-state index in [1.54, 1.807) is 11.3 Å². The average Bonchev–Trinajstić information content (AvgIpc) is 2.85. The molecule has 4 nitrogen and oxygen atoms in total. The highest BCUT2D eigenvalue weighted by Crippen LogP contribution is 2.21. The third kappa shape index (κ3) is 3.58. The minimum absolute atomic E-state index is 0.512. The number of aromatic nitrogens is 3. The van der Waals surface area contributed by atoms with Gasteiger partial charge in [-0.3, -0.25) is 4.98 Å². The lowest BCUT2D eigenvalue weighted by molar-refractivity contribution is 0.588. The van der Waals surface area contributed by atoms with Gasteiger partial charge in [0.15, 0.2) is 5.82 Å². The van der Waals surface area contributed by atoms with E-state index in [1.807, 2.05) is 11.7 Å². The molecule has 2 heterocycles. The maximum absolute atomic E-state index is 4.61. The van der Waals surface area contributed by atoms with Crippen LogP contribution in [0.1, 0.15) is 30.8 Å². The topological polar surface area (TPSA) is 50.7 Å². The van der Waals surface area contributed by atoms with Gasteiger partial charge in [0.25, 0.3) is 0 Å². The summed E-state index contributed by atoms with van der Waals surface area (Å²) in [5.74, 6) is 0.790. The average molecular weight is 276 g/mol. The van der Waals surface area contributed by atoms with Crippen molar-refractivity contribution in [2.45, 2.75) is 40.2 Å². The maximum atomic E-state index is 4.61. The Morgan fingerprint density at radius 1 is 1.21 bits per heavy atom. The molecule has 0 aliphatic rings. The van der Waals surface area contributed by atoms with E-state index in [9.17, 15) is 0 Å². The van der Waals surface area contributed by atoms with Crippen molar-refractivity contribution >= 4 is 11.3 Å². The molecule has 19 heavy (non-hydrogen) atoms. The summed E-state index contributed by atoms with van der Waals surface area (Å²) in [5.41, 5.74) is 5.20. The van der Waals surface area contributed by atoms with E-state index in [4.69, 9.17) is 0 Å². The van der Waals surface area contributed by atoms with E-state index in [0.717, 1.165) is 35.1 Å². The zero-order valence-electron chi connectivity index (χ0n) is 11.9. The van der Waals surface area contributed by atoms with Crippen LogP contribution in [-0.4, -0.2) is 27.5 Å². The van der Waals surface area contributed by atoms with Crippen molar-refractivity contribution in [3.05, 3.63) is 28.7 Å². The number of hydrogen-bond acceptors (Lipinski definition) is 5. The van der Waals surface area contributed by atoms with Crippen LogP contribution in [0.5, 0.6) is 0 Å². The molecule has 0 saturated heterocycles. The van der Waals surface area contributed by atoms with E-state index in [0.29, 0.717) is 6.04 Å². The molecule has 0 fully saturated rings. The third-order valence-corrected chi connectivity index (χ3v) is 3.77. The lowest BCUT2D eigenvalue weighted by Crippen LogP contribution is -2.25. The van der Waals surface area contributed by atoms with Gasteiger partial charge < -0.3 is 5.32 Å². The second-order valence-corrected chi connectivity index (χ2v) is 5.81. The minimum Gasteiger partial charge on any atom is -0.314 e. The van der Waals surface area contributed by atoms with Crippen LogP contribution in [-0.2, 0) is 6.42 Å². The van der Waals surface area contributed by atoms with Crippen LogP contribution < -0.4 is 5.32 Å². The number of nitrogens with one attached hydrogen (secondary N) is 1. The van der Waals surface area contributed by atoms with Gasteiger partial charge in [0, 0.05) is 23.6 Å². The molecule has 0 aliphatic carbocycles. The van der Waals surface area contributed by atoms with Gasteiger partial charge in [-0.1, -0.05) is 13.8 Å². The summed E-state index contributed by atoms with van der Waals surface area (Å²) >= 11 is 1.57. The largest absolute Gasteiger partial charge is 0.314 e. The fourth-order valence-corrected chi connectivity index (χ4v) is 2.58. The first-order valence-electron chi connectivity index (χ1n) is 6.54. The van der Waals surface area contributed by atoms with Crippen LogP contribution in [0.3, 0.4) is 0 Å². The van der Waals surface area contributed by atoms with E-state index < -0.39 is 0 Å². The van der Waals surface area contributed by atoms with Gasteiger partial charge in [-0.25, -0.2) is 9.97 Å². The Kier molecular flexibility index (Phi) is 4.61. The Balaban J connectivity index is 2.18. The predicted octanol–water partition coefficient (Wildman–Crippen LogP) is 2.76. The summed E-state index contributed by atoms with van der Waals surface area (Å²) in [6.45, 7) is 9.39. The molecule has 0 radical (unpaired) electrons. The second kappa shape index (κ2) is 6.21. The fourth-order valence-electron chi connectivity index (χ4n) is 2.02. The smallest absolute Gasteiger partial charge is 0.171 e. The number of thiazole rings is 1. The SMILES string of the molecule is Cc1nc(-c2cncs2)nc(C)c1CCNC(C)C. The molecule has 1 N–H and O–H groups in total. The van der Waals surface area contributed by atoms with Gasteiger partial charge in [-0.2, -0.15) is 0 Å². The molecular formula is C14H20N4S. The van der Waals surface area contributed by atoms with Gasteiger partial charge >= 0.3 is 0 Å². The van der Waals surface area contributed by atoms with Crippen molar-refractivity contribution < 1.29 is 0 Å². The summed E-state index contributed by atoms with van der Waals surface area (Å²) in [5, 5.41) is 3.43. The number of rotatable bonds is 5. The molecule has 102 valence electrons. The van der Waals surface area contributed by atoms with Crippen molar-refractivity contribution in [3.63, 3.8) is 0 Å². The molecular weight excluding hydrogens is 256 g/mol. The summed E-state index contributed by atoms with van der Waals surface area (Å²) in [7, 11) is 0. The Morgan fingerprint density at radius 2 is 1.89 bits per heavy atom. The zero-order valence-corrected chi connectivity index (χ0v) is 12.7. The summed E-state index contributed by atoms with van der Waals surface area (Å²) in [4.78, 5) is 14.3. The summed E-state index contributed by atoms with van der Waals surface area (Å²) in [6, 6.07) is 0.512. The number of nitrogens with zero attached hydrogens (tertiary/aromatic N) is 3. The summed E-state index contributed by atoms with van der Waals surface area (Å²) in [6.07, 6.45) is 2.79. The van der Waals surface area contributed by atoms with Crippen LogP contribution in [0.4, 0.5) is 0 Å². The first-order chi connectivity index (χ1) is 9.08. The molecule has 2 aromatic rings. The Morgan fingerprint density at radius 3 is 2.42 bits per heavy atom. The van der Waals surface area contributed by atoms with Crippen molar-refractivity contribution in [2.24, 2.45) is 0 Å². The van der Waals surface area contributed by atoms with Crippen LogP contribution >= 0.6 is 11.3 Å². The van der Waals surface area contributed by atoms with E-state index in [-0.39, 0.29) is 0 Å². The lowest BCUT2D eigenvalue weighted by Gasteiger charge is -2.12. The molecule has 5 heteroatoms. The normalized spacial score (nSPS) is 11.2. The quantitative estimate of drug-likeness (QED) is 0.912. The highest BCUT2D eigenvalue weighted by Gasteiger charge is 2.10. The van der Waals surface area contributed by atoms with Crippen LogP contribution in [0.2, 0.25) is 0 Å². The Labute approximate surface area is 118 Å². The van der Waals surface area contributed by atoms with Gasteiger partial charge in [-0.05, 0) is 32.4 Å². The molecule has 0 bridgehead atoms. The third-order valence-electron chi connectivity index (χ3n) is 3.00. The van der Waals surface area contributed by atoms with Crippen molar-refractivity contribution in [2.75, 3.05) is 6.54 Å². The van der Waals surface area contributed by atoms with Gasteiger partial charge in [0.2, 0.25) is 0 Å². The molecule has 0 unspecified atom stereocenters. The van der Waals surface area contributed by atoms with Crippen LogP contribution in [0.25, 0.3) is 10.7 Å². The van der Waals surface area contributed by atoms with Crippen LogP contribution in [0, 0.1) is 13.8 Å². The molecule has 2 rings (SSSR count). The molecule has 0 spiro atoms. The van der Waals surface area contributed by atoms with Gasteiger partial charge in [0.05, 0.1) is 10.4 Å². The fraction of sp³-hybridized carbons (Fsp3) is 0.500. The number of aryl methyl sites for hydroxylation is 2. The first kappa shape index (κ1) is 14.1. The Bertz CT molecular complexity index is 511. The maximum Gasteiger partial charge on any atom is 0.171 e. The highest BCUT2D eigenvalue weighted by molar-refractivity contribution is 7.13. The Hall–Kier alpha value is -1.33. The molecule has 0 saturated carbocycles. The van der Waals surface area contributed by atoms with E-state index >= 15 is 0 Å². The molecule has 2 aromatic heterocycles. The predicted molar refractivity (Wildman–Crippen MR) is 79.5 cm³/mol. The monoisotopic (exact) mass is 276 g/mol. The highest BCUT2D eigenvalue weighted by atomic mass is 32.1. The minimum atomic E-state index is 0.512. The molecule has 0 aromatic carbocycles. The molecule has 0 aliphatic heterocycles. The van der Waals surface area contributed by atoms with E-state index in [1.165, 1.54) is 5.56 Å².